The Morgan fingerprint density at radius 3 is 2.69 bits per heavy atom. The van der Waals surface area contributed by atoms with Crippen LogP contribution in [-0.2, 0) is 10.0 Å². The predicted molar refractivity (Wildman–Crippen MR) is 62.1 cm³/mol. The van der Waals surface area contributed by atoms with Crippen molar-refractivity contribution in [2.24, 2.45) is 5.92 Å². The van der Waals surface area contributed by atoms with Crippen molar-refractivity contribution in [3.8, 4) is 11.8 Å². The highest BCUT2D eigenvalue weighted by Crippen LogP contribution is 2.12. The fourth-order valence-corrected chi connectivity index (χ4v) is 2.68. The van der Waals surface area contributed by atoms with Crippen LogP contribution in [0.4, 0.5) is 0 Å². The summed E-state index contributed by atoms with van der Waals surface area (Å²) >= 11 is 0. The molecule has 1 aromatic rings. The molecule has 0 aliphatic heterocycles. The minimum absolute atomic E-state index is 0.165. The summed E-state index contributed by atoms with van der Waals surface area (Å²) in [5.41, 5.74) is 0. The van der Waals surface area contributed by atoms with Crippen LogP contribution in [0.25, 0.3) is 0 Å². The van der Waals surface area contributed by atoms with E-state index in [4.69, 9.17) is 0 Å². The van der Waals surface area contributed by atoms with E-state index in [0.717, 1.165) is 12.8 Å². The quantitative estimate of drug-likeness (QED) is 0.801. The van der Waals surface area contributed by atoms with E-state index in [1.807, 2.05) is 0 Å². The van der Waals surface area contributed by atoms with Gasteiger partial charge < -0.3 is 0 Å². The largest absolute Gasteiger partial charge is 0.240 e. The second-order valence-corrected chi connectivity index (χ2v) is 5.49. The summed E-state index contributed by atoms with van der Waals surface area (Å²) < 4.78 is 26.2. The fourth-order valence-electron chi connectivity index (χ4n) is 1.58. The molecule has 0 fully saturated rings. The Bertz CT molecular complexity index is 511. The van der Waals surface area contributed by atoms with Gasteiger partial charge in [0.05, 0.1) is 4.90 Å². The van der Waals surface area contributed by atoms with Gasteiger partial charge in [-0.25, -0.2) is 13.1 Å². The number of hydrogen-bond acceptors (Lipinski definition) is 2. The van der Waals surface area contributed by atoms with Gasteiger partial charge in [-0.15, -0.1) is 5.92 Å². The van der Waals surface area contributed by atoms with Crippen LogP contribution in [0.15, 0.2) is 35.2 Å². The van der Waals surface area contributed by atoms with Gasteiger partial charge in [0, 0.05) is 18.9 Å². The standard InChI is InChI=1S/C12H13NO2S/c14-16(15,12-8-2-1-3-9-12)13-10-11-6-4-5-7-11/h1-3,8-9,11,13H,4,6,10H2. The molecule has 1 aromatic carbocycles. The lowest BCUT2D eigenvalue weighted by molar-refractivity contribution is 0.562. The van der Waals surface area contributed by atoms with Gasteiger partial charge in [-0.2, -0.15) is 0 Å². The third-order valence-corrected chi connectivity index (χ3v) is 3.94. The lowest BCUT2D eigenvalue weighted by Gasteiger charge is -2.09. The molecule has 0 spiro atoms. The van der Waals surface area contributed by atoms with E-state index in [1.54, 1.807) is 30.3 Å². The van der Waals surface area contributed by atoms with Gasteiger partial charge in [0.25, 0.3) is 0 Å². The van der Waals surface area contributed by atoms with Crippen LogP contribution in [0.3, 0.4) is 0 Å². The summed E-state index contributed by atoms with van der Waals surface area (Å²) in [6.07, 6.45) is 1.80. The van der Waals surface area contributed by atoms with Gasteiger partial charge in [0.15, 0.2) is 0 Å². The van der Waals surface area contributed by atoms with Crippen LogP contribution in [-0.4, -0.2) is 15.0 Å². The van der Waals surface area contributed by atoms with Gasteiger partial charge in [-0.05, 0) is 18.6 Å². The summed E-state index contributed by atoms with van der Waals surface area (Å²) in [6.45, 7) is 0.407. The minimum atomic E-state index is -3.37. The lowest BCUT2D eigenvalue weighted by Crippen LogP contribution is -2.28. The van der Waals surface area contributed by atoms with E-state index in [1.165, 1.54) is 0 Å². The Morgan fingerprint density at radius 1 is 1.31 bits per heavy atom. The summed E-state index contributed by atoms with van der Waals surface area (Å²) in [5.74, 6) is 6.13. The fraction of sp³-hybridized carbons (Fsp3) is 0.333. The average molecular weight is 235 g/mol. The molecule has 0 amide bonds. The van der Waals surface area contributed by atoms with Crippen LogP contribution >= 0.6 is 0 Å². The first-order valence-electron chi connectivity index (χ1n) is 5.21. The van der Waals surface area contributed by atoms with Crippen LogP contribution in [0, 0.1) is 17.8 Å². The van der Waals surface area contributed by atoms with E-state index in [0.29, 0.717) is 11.4 Å². The summed E-state index contributed by atoms with van der Waals surface area (Å²) in [6, 6.07) is 8.39. The Morgan fingerprint density at radius 2 is 2.06 bits per heavy atom. The number of hydrogen-bond donors (Lipinski definition) is 1. The van der Waals surface area contributed by atoms with Crippen molar-refractivity contribution >= 4 is 10.0 Å². The molecule has 2 rings (SSSR count). The highest BCUT2D eigenvalue weighted by Gasteiger charge is 2.16. The Hall–Kier alpha value is -1.31. The molecule has 0 saturated carbocycles. The molecular formula is C12H13NO2S. The van der Waals surface area contributed by atoms with Crippen molar-refractivity contribution in [3.05, 3.63) is 30.3 Å². The molecule has 0 bridgehead atoms. The second kappa shape index (κ2) is 4.69. The van der Waals surface area contributed by atoms with E-state index < -0.39 is 10.0 Å². The van der Waals surface area contributed by atoms with Crippen LogP contribution in [0.1, 0.15) is 12.8 Å². The molecule has 3 nitrogen and oxygen atoms in total. The molecule has 0 heterocycles. The number of nitrogens with one attached hydrogen (secondary N) is 1. The zero-order valence-electron chi connectivity index (χ0n) is 8.81. The zero-order valence-corrected chi connectivity index (χ0v) is 9.63. The number of rotatable bonds is 4. The number of benzene rings is 1. The van der Waals surface area contributed by atoms with Crippen LogP contribution in [0.2, 0.25) is 0 Å². The van der Waals surface area contributed by atoms with Crippen molar-refractivity contribution < 1.29 is 8.42 Å². The lowest BCUT2D eigenvalue weighted by atomic mass is 10.1. The van der Waals surface area contributed by atoms with Crippen LogP contribution in [0.5, 0.6) is 0 Å². The molecule has 0 radical (unpaired) electrons. The van der Waals surface area contributed by atoms with Gasteiger partial charge in [-0.3, -0.25) is 0 Å². The predicted octanol–water partition coefficient (Wildman–Crippen LogP) is 1.38. The summed E-state index contributed by atoms with van der Waals surface area (Å²) in [7, 11) is -3.37. The molecule has 1 aliphatic rings. The van der Waals surface area contributed by atoms with Crippen molar-refractivity contribution in [3.63, 3.8) is 0 Å². The second-order valence-electron chi connectivity index (χ2n) is 3.72. The maximum absolute atomic E-state index is 11.8. The Kier molecular flexibility index (Phi) is 3.28. The molecule has 1 N–H and O–H groups in total. The molecule has 4 heteroatoms. The number of sulfonamides is 1. The molecule has 16 heavy (non-hydrogen) atoms. The monoisotopic (exact) mass is 235 g/mol. The molecule has 0 aromatic heterocycles. The van der Waals surface area contributed by atoms with Gasteiger partial charge in [0.1, 0.15) is 0 Å². The first-order valence-corrected chi connectivity index (χ1v) is 6.70. The third-order valence-electron chi connectivity index (χ3n) is 2.50. The molecule has 1 unspecified atom stereocenters. The van der Waals surface area contributed by atoms with Gasteiger partial charge >= 0.3 is 0 Å². The highest BCUT2D eigenvalue weighted by molar-refractivity contribution is 7.89. The average Bonchev–Trinajstić information content (AvgIpc) is 2.81. The smallest absolute Gasteiger partial charge is 0.210 e. The highest BCUT2D eigenvalue weighted by atomic mass is 32.2. The van der Waals surface area contributed by atoms with E-state index in [9.17, 15) is 8.42 Å². The molecule has 1 atom stereocenters. The summed E-state index contributed by atoms with van der Waals surface area (Å²) in [4.78, 5) is 0.306. The van der Waals surface area contributed by atoms with Crippen LogP contribution < -0.4 is 4.72 Å². The summed E-state index contributed by atoms with van der Waals surface area (Å²) in [5, 5.41) is 0. The SMILES string of the molecule is O=S(=O)(NCC1C#CCC1)c1ccccc1. The molecule has 1 aliphatic carbocycles. The van der Waals surface area contributed by atoms with E-state index in [2.05, 4.69) is 16.6 Å². The Labute approximate surface area is 95.9 Å². The maximum Gasteiger partial charge on any atom is 0.240 e. The van der Waals surface area contributed by atoms with Crippen molar-refractivity contribution in [2.75, 3.05) is 6.54 Å². The van der Waals surface area contributed by atoms with Gasteiger partial charge in [-0.1, -0.05) is 24.1 Å². The van der Waals surface area contributed by atoms with Gasteiger partial charge in [0.2, 0.25) is 10.0 Å². The molecule has 0 saturated heterocycles. The van der Waals surface area contributed by atoms with Crippen molar-refractivity contribution in [1.29, 1.82) is 0 Å². The zero-order chi connectivity index (χ0) is 11.4. The topological polar surface area (TPSA) is 46.2 Å². The van der Waals surface area contributed by atoms with E-state index in [-0.39, 0.29) is 5.92 Å². The normalized spacial score (nSPS) is 19.1. The van der Waals surface area contributed by atoms with Crippen molar-refractivity contribution in [2.45, 2.75) is 17.7 Å². The minimum Gasteiger partial charge on any atom is -0.210 e. The van der Waals surface area contributed by atoms with Crippen molar-refractivity contribution in [1.82, 2.24) is 4.72 Å². The Balaban J connectivity index is 2.01. The molecular weight excluding hydrogens is 222 g/mol. The first-order chi connectivity index (χ1) is 7.68. The van der Waals surface area contributed by atoms with E-state index >= 15 is 0 Å². The third kappa shape index (κ3) is 2.63. The first kappa shape index (κ1) is 11.2. The molecule has 84 valence electrons. The maximum atomic E-state index is 11.8.